The molecule has 1 aliphatic heterocycles. The summed E-state index contributed by atoms with van der Waals surface area (Å²) in [5.41, 5.74) is 6.57. The molecule has 0 unspecified atom stereocenters. The average molecular weight is 236 g/mol. The third-order valence-electron chi connectivity index (χ3n) is 3.18. The number of aromatic nitrogens is 2. The second kappa shape index (κ2) is 5.70. The van der Waals surface area contributed by atoms with Crippen LogP contribution < -0.4 is 15.4 Å². The number of rotatable bonds is 2. The SMILES string of the molecule is COc1ncnc(N2CCCCCCC2)c1N. The van der Waals surface area contributed by atoms with E-state index in [4.69, 9.17) is 10.5 Å². The van der Waals surface area contributed by atoms with Crippen LogP contribution in [0.2, 0.25) is 0 Å². The molecule has 0 saturated carbocycles. The minimum Gasteiger partial charge on any atom is -0.479 e. The Morgan fingerprint density at radius 3 is 2.41 bits per heavy atom. The largest absolute Gasteiger partial charge is 0.479 e. The maximum Gasteiger partial charge on any atom is 0.242 e. The predicted molar refractivity (Wildman–Crippen MR) is 68.3 cm³/mol. The van der Waals surface area contributed by atoms with Gasteiger partial charge in [-0.2, -0.15) is 4.98 Å². The minimum atomic E-state index is 0.469. The van der Waals surface area contributed by atoms with Crippen molar-refractivity contribution in [2.45, 2.75) is 32.1 Å². The van der Waals surface area contributed by atoms with Crippen LogP contribution in [-0.4, -0.2) is 30.2 Å². The van der Waals surface area contributed by atoms with Crippen LogP contribution >= 0.6 is 0 Å². The highest BCUT2D eigenvalue weighted by Gasteiger charge is 2.16. The third kappa shape index (κ3) is 2.78. The second-order valence-electron chi connectivity index (χ2n) is 4.38. The topological polar surface area (TPSA) is 64.3 Å². The highest BCUT2D eigenvalue weighted by atomic mass is 16.5. The Morgan fingerprint density at radius 1 is 1.12 bits per heavy atom. The molecule has 1 aromatic rings. The van der Waals surface area contributed by atoms with Crippen LogP contribution in [0, 0.1) is 0 Å². The normalized spacial score (nSPS) is 17.4. The zero-order valence-electron chi connectivity index (χ0n) is 10.4. The zero-order chi connectivity index (χ0) is 12.1. The van der Waals surface area contributed by atoms with Gasteiger partial charge in [-0.3, -0.25) is 0 Å². The summed E-state index contributed by atoms with van der Waals surface area (Å²) in [7, 11) is 1.58. The van der Waals surface area contributed by atoms with E-state index >= 15 is 0 Å². The predicted octanol–water partition coefficient (Wildman–Crippen LogP) is 1.84. The molecule has 0 aliphatic carbocycles. The number of hydrogen-bond acceptors (Lipinski definition) is 5. The van der Waals surface area contributed by atoms with Crippen LogP contribution in [0.3, 0.4) is 0 Å². The first-order valence-corrected chi connectivity index (χ1v) is 6.22. The molecule has 2 heterocycles. The summed E-state index contributed by atoms with van der Waals surface area (Å²) in [5.74, 6) is 1.29. The smallest absolute Gasteiger partial charge is 0.242 e. The van der Waals surface area contributed by atoms with E-state index in [0.717, 1.165) is 18.9 Å². The van der Waals surface area contributed by atoms with Gasteiger partial charge in [0.25, 0.3) is 0 Å². The molecule has 5 nitrogen and oxygen atoms in total. The van der Waals surface area contributed by atoms with Gasteiger partial charge in [0.05, 0.1) is 7.11 Å². The minimum absolute atomic E-state index is 0.469. The van der Waals surface area contributed by atoms with Gasteiger partial charge in [-0.05, 0) is 12.8 Å². The molecule has 0 aromatic carbocycles. The highest BCUT2D eigenvalue weighted by molar-refractivity contribution is 5.67. The lowest BCUT2D eigenvalue weighted by atomic mass is 10.1. The lowest BCUT2D eigenvalue weighted by Crippen LogP contribution is -2.28. The molecule has 0 atom stereocenters. The summed E-state index contributed by atoms with van der Waals surface area (Å²) in [4.78, 5) is 10.6. The first kappa shape index (κ1) is 12.0. The molecule has 2 rings (SSSR count). The summed E-state index contributed by atoms with van der Waals surface area (Å²) in [5, 5.41) is 0. The Kier molecular flexibility index (Phi) is 4.01. The Balaban J connectivity index is 2.19. The van der Waals surface area contributed by atoms with Crippen molar-refractivity contribution < 1.29 is 4.74 Å². The van der Waals surface area contributed by atoms with Crippen molar-refractivity contribution in [1.82, 2.24) is 9.97 Å². The Morgan fingerprint density at radius 2 is 1.76 bits per heavy atom. The lowest BCUT2D eigenvalue weighted by Gasteiger charge is -2.26. The molecule has 1 fully saturated rings. The van der Waals surface area contributed by atoms with E-state index in [1.807, 2.05) is 0 Å². The summed E-state index contributed by atoms with van der Waals surface area (Å²) in [6.45, 7) is 2.04. The molecular formula is C12H20N4O. The Hall–Kier alpha value is -1.52. The van der Waals surface area contributed by atoms with E-state index in [1.165, 1.54) is 38.4 Å². The van der Waals surface area contributed by atoms with Gasteiger partial charge in [0, 0.05) is 13.1 Å². The van der Waals surface area contributed by atoms with E-state index in [9.17, 15) is 0 Å². The first-order valence-electron chi connectivity index (χ1n) is 6.22. The van der Waals surface area contributed by atoms with Crippen LogP contribution in [0.5, 0.6) is 5.88 Å². The number of nitrogens with zero attached hydrogens (tertiary/aromatic N) is 3. The summed E-state index contributed by atoms with van der Waals surface area (Å²) in [6, 6.07) is 0. The van der Waals surface area contributed by atoms with Crippen molar-refractivity contribution in [3.05, 3.63) is 6.33 Å². The van der Waals surface area contributed by atoms with Crippen molar-refractivity contribution >= 4 is 11.5 Å². The number of hydrogen-bond donors (Lipinski definition) is 1. The molecule has 94 valence electrons. The van der Waals surface area contributed by atoms with Crippen molar-refractivity contribution in [3.63, 3.8) is 0 Å². The van der Waals surface area contributed by atoms with E-state index in [-0.39, 0.29) is 0 Å². The number of ether oxygens (including phenoxy) is 1. The van der Waals surface area contributed by atoms with Crippen molar-refractivity contribution in [2.75, 3.05) is 30.8 Å². The lowest BCUT2D eigenvalue weighted by molar-refractivity contribution is 0.399. The fourth-order valence-corrected chi connectivity index (χ4v) is 2.24. The van der Waals surface area contributed by atoms with Gasteiger partial charge < -0.3 is 15.4 Å². The van der Waals surface area contributed by atoms with Crippen LogP contribution in [-0.2, 0) is 0 Å². The van der Waals surface area contributed by atoms with Gasteiger partial charge in [-0.15, -0.1) is 0 Å². The standard InChI is InChI=1S/C12H20N4O/c1-17-12-10(13)11(14-9-15-12)16-7-5-3-2-4-6-8-16/h9H,2-8,13H2,1H3. The summed E-state index contributed by atoms with van der Waals surface area (Å²) in [6.07, 6.45) is 7.84. The molecular weight excluding hydrogens is 216 g/mol. The van der Waals surface area contributed by atoms with Gasteiger partial charge in [0.15, 0.2) is 5.82 Å². The van der Waals surface area contributed by atoms with Crippen LogP contribution in [0.1, 0.15) is 32.1 Å². The fraction of sp³-hybridized carbons (Fsp3) is 0.667. The molecule has 17 heavy (non-hydrogen) atoms. The molecule has 0 radical (unpaired) electrons. The molecule has 1 aromatic heterocycles. The van der Waals surface area contributed by atoms with E-state index in [1.54, 1.807) is 7.11 Å². The Bertz CT molecular complexity index is 362. The average Bonchev–Trinajstić information content (AvgIpc) is 2.30. The monoisotopic (exact) mass is 236 g/mol. The molecule has 1 saturated heterocycles. The molecule has 5 heteroatoms. The Labute approximate surface area is 102 Å². The van der Waals surface area contributed by atoms with Crippen LogP contribution in [0.4, 0.5) is 11.5 Å². The number of nitrogens with two attached hydrogens (primary N) is 1. The van der Waals surface area contributed by atoms with Crippen molar-refractivity contribution in [2.24, 2.45) is 0 Å². The highest BCUT2D eigenvalue weighted by Crippen LogP contribution is 2.28. The van der Waals surface area contributed by atoms with Gasteiger partial charge in [-0.25, -0.2) is 4.98 Å². The van der Waals surface area contributed by atoms with Gasteiger partial charge in [0.2, 0.25) is 5.88 Å². The first-order chi connectivity index (χ1) is 8.33. The molecule has 0 amide bonds. The van der Waals surface area contributed by atoms with E-state index < -0.39 is 0 Å². The maximum atomic E-state index is 6.02. The van der Waals surface area contributed by atoms with Gasteiger partial charge in [0.1, 0.15) is 12.0 Å². The molecule has 0 spiro atoms. The quantitative estimate of drug-likeness (QED) is 0.848. The zero-order valence-corrected chi connectivity index (χ0v) is 10.4. The summed E-state index contributed by atoms with van der Waals surface area (Å²) >= 11 is 0. The van der Waals surface area contributed by atoms with Crippen molar-refractivity contribution in [3.8, 4) is 5.88 Å². The van der Waals surface area contributed by atoms with Gasteiger partial charge in [-0.1, -0.05) is 19.3 Å². The van der Waals surface area contributed by atoms with E-state index in [2.05, 4.69) is 14.9 Å². The number of nitrogen functional groups attached to an aromatic ring is 1. The van der Waals surface area contributed by atoms with Crippen molar-refractivity contribution in [1.29, 1.82) is 0 Å². The van der Waals surface area contributed by atoms with Gasteiger partial charge >= 0.3 is 0 Å². The third-order valence-corrected chi connectivity index (χ3v) is 3.18. The molecule has 2 N–H and O–H groups in total. The maximum absolute atomic E-state index is 6.02. The number of methoxy groups -OCH3 is 1. The molecule has 0 bridgehead atoms. The number of anilines is 2. The summed E-state index contributed by atoms with van der Waals surface area (Å²) < 4.78 is 5.13. The molecule has 1 aliphatic rings. The van der Waals surface area contributed by atoms with Crippen LogP contribution in [0.15, 0.2) is 6.33 Å². The second-order valence-corrected chi connectivity index (χ2v) is 4.38. The van der Waals surface area contributed by atoms with E-state index in [0.29, 0.717) is 11.6 Å². The fourth-order valence-electron chi connectivity index (χ4n) is 2.24. The van der Waals surface area contributed by atoms with Crippen LogP contribution in [0.25, 0.3) is 0 Å².